The molecular formula is C4H8NO2S. The van der Waals surface area contributed by atoms with Gasteiger partial charge in [0.25, 0.3) is 0 Å². The van der Waals surface area contributed by atoms with Gasteiger partial charge >= 0.3 is 0 Å². The highest BCUT2D eigenvalue weighted by Crippen LogP contribution is 2.38. The van der Waals surface area contributed by atoms with E-state index in [2.05, 4.69) is 0 Å². The third-order valence-electron chi connectivity index (χ3n) is 1.41. The molecule has 1 rings (SSSR count). The molecule has 0 atom stereocenters. The quantitative estimate of drug-likeness (QED) is 0.498. The monoisotopic (exact) mass is 134 g/mol. The van der Waals surface area contributed by atoms with Crippen LogP contribution in [0.2, 0.25) is 0 Å². The molecule has 0 spiro atoms. The second kappa shape index (κ2) is 1.25. The van der Waals surface area contributed by atoms with Crippen molar-refractivity contribution in [2.45, 2.75) is 17.7 Å². The summed E-state index contributed by atoms with van der Waals surface area (Å²) in [7, 11) is -3.06. The van der Waals surface area contributed by atoms with E-state index < -0.39 is 14.7 Å². The Hall–Kier alpha value is -0.0900. The van der Waals surface area contributed by atoms with Crippen molar-refractivity contribution in [3.8, 4) is 0 Å². The average molecular weight is 134 g/mol. The first kappa shape index (κ1) is 6.04. The predicted octanol–water partition coefficient (Wildman–Crippen LogP) is -0.196. The molecule has 1 N–H and O–H groups in total. The van der Waals surface area contributed by atoms with Gasteiger partial charge in [-0.2, -0.15) is 0 Å². The topological polar surface area (TPSA) is 57.9 Å². The molecule has 0 aromatic rings. The molecule has 8 heavy (non-hydrogen) atoms. The Morgan fingerprint density at radius 2 is 1.88 bits per heavy atom. The van der Waals surface area contributed by atoms with Crippen molar-refractivity contribution in [1.29, 1.82) is 0 Å². The molecule has 1 saturated carbocycles. The summed E-state index contributed by atoms with van der Waals surface area (Å²) in [4.78, 5) is -1.09. The fourth-order valence-electron chi connectivity index (χ4n) is 0.484. The van der Waals surface area contributed by atoms with Crippen LogP contribution in [0.4, 0.5) is 0 Å². The molecule has 0 saturated heterocycles. The van der Waals surface area contributed by atoms with E-state index >= 15 is 0 Å². The molecular weight excluding hydrogens is 126 g/mol. The largest absolute Gasteiger partial charge is 0.235 e. The van der Waals surface area contributed by atoms with E-state index in [1.807, 2.05) is 0 Å². The van der Waals surface area contributed by atoms with Crippen LogP contribution in [0.15, 0.2) is 0 Å². The van der Waals surface area contributed by atoms with Crippen LogP contribution in [-0.4, -0.2) is 19.5 Å². The maximum Gasteiger partial charge on any atom is 0.167 e. The molecule has 1 aliphatic carbocycles. The van der Waals surface area contributed by atoms with Crippen LogP contribution in [0.1, 0.15) is 12.8 Å². The van der Waals surface area contributed by atoms with Crippen molar-refractivity contribution < 1.29 is 8.42 Å². The van der Waals surface area contributed by atoms with Gasteiger partial charge in [-0.25, -0.2) is 14.2 Å². The number of nitrogens with one attached hydrogen (secondary N) is 1. The molecule has 0 bridgehead atoms. The first-order valence-corrected chi connectivity index (χ1v) is 4.29. The minimum absolute atomic E-state index is 0.520. The van der Waals surface area contributed by atoms with Crippen LogP contribution in [-0.2, 0) is 9.84 Å². The van der Waals surface area contributed by atoms with Gasteiger partial charge in [-0.1, -0.05) is 0 Å². The van der Waals surface area contributed by atoms with Crippen LogP contribution in [0, 0.1) is 0 Å². The third-order valence-corrected chi connectivity index (χ3v) is 3.24. The lowest BCUT2D eigenvalue weighted by atomic mass is 10.8. The van der Waals surface area contributed by atoms with Gasteiger partial charge in [0.2, 0.25) is 0 Å². The Balaban J connectivity index is 2.90. The lowest BCUT2D eigenvalue weighted by Gasteiger charge is -2.00. The molecule has 4 heteroatoms. The Bertz CT molecular complexity index is 190. The molecule has 3 nitrogen and oxygen atoms in total. The highest BCUT2D eigenvalue weighted by Gasteiger charge is 2.49. The van der Waals surface area contributed by atoms with E-state index in [1.165, 1.54) is 0 Å². The summed E-state index contributed by atoms with van der Waals surface area (Å²) in [6.07, 6.45) is 2.16. The summed E-state index contributed by atoms with van der Waals surface area (Å²) in [5.74, 6) is 0. The van der Waals surface area contributed by atoms with Crippen LogP contribution in [0.25, 0.3) is 0 Å². The predicted molar refractivity (Wildman–Crippen MR) is 29.9 cm³/mol. The number of sulfone groups is 1. The van der Waals surface area contributed by atoms with Crippen LogP contribution in [0.5, 0.6) is 0 Å². The van der Waals surface area contributed by atoms with E-state index in [0.29, 0.717) is 12.8 Å². The Morgan fingerprint density at radius 1 is 1.50 bits per heavy atom. The van der Waals surface area contributed by atoms with Gasteiger partial charge in [0, 0.05) is 6.26 Å². The summed E-state index contributed by atoms with van der Waals surface area (Å²) in [6.45, 7) is 0. The fraction of sp³-hybridized carbons (Fsp3) is 1.00. The minimum atomic E-state index is -3.06. The van der Waals surface area contributed by atoms with Crippen molar-refractivity contribution in [1.82, 2.24) is 5.73 Å². The third kappa shape index (κ3) is 0.736. The normalized spacial score (nSPS) is 25.2. The zero-order chi connectivity index (χ0) is 6.41. The molecule has 1 fully saturated rings. The molecule has 0 aromatic carbocycles. The number of hydrogen-bond acceptors (Lipinski definition) is 2. The highest BCUT2D eigenvalue weighted by molar-refractivity contribution is 7.92. The summed E-state index contributed by atoms with van der Waals surface area (Å²) in [5.41, 5.74) is 7.11. The van der Waals surface area contributed by atoms with Gasteiger partial charge in [0.15, 0.2) is 9.84 Å². The maximum absolute atomic E-state index is 10.5. The zero-order valence-corrected chi connectivity index (χ0v) is 5.46. The molecule has 1 aliphatic rings. The van der Waals surface area contributed by atoms with E-state index in [0.717, 1.165) is 6.26 Å². The SMILES string of the molecule is CS(=O)(=O)C1([NH])CC1. The van der Waals surface area contributed by atoms with Crippen molar-refractivity contribution >= 4 is 9.84 Å². The van der Waals surface area contributed by atoms with Crippen molar-refractivity contribution in [3.05, 3.63) is 0 Å². The van der Waals surface area contributed by atoms with Crippen LogP contribution >= 0.6 is 0 Å². The summed E-state index contributed by atoms with van der Waals surface area (Å²) < 4.78 is 21.1. The Morgan fingerprint density at radius 3 is 1.88 bits per heavy atom. The lowest BCUT2D eigenvalue weighted by molar-refractivity contribution is 0.583. The van der Waals surface area contributed by atoms with E-state index in [9.17, 15) is 8.42 Å². The van der Waals surface area contributed by atoms with Crippen molar-refractivity contribution in [3.63, 3.8) is 0 Å². The number of hydrogen-bond donors (Lipinski definition) is 0. The zero-order valence-electron chi connectivity index (χ0n) is 4.64. The Kier molecular flexibility index (Phi) is 0.941. The van der Waals surface area contributed by atoms with Crippen LogP contribution in [0.3, 0.4) is 0 Å². The first-order chi connectivity index (χ1) is 3.46. The second-order valence-electron chi connectivity index (χ2n) is 2.27. The first-order valence-electron chi connectivity index (χ1n) is 2.40. The molecule has 47 valence electrons. The Labute approximate surface area is 48.8 Å². The van der Waals surface area contributed by atoms with Gasteiger partial charge in [-0.15, -0.1) is 0 Å². The van der Waals surface area contributed by atoms with Crippen molar-refractivity contribution in [2.24, 2.45) is 0 Å². The fourth-order valence-corrected chi connectivity index (χ4v) is 1.33. The van der Waals surface area contributed by atoms with Gasteiger partial charge in [-0.05, 0) is 12.8 Å². The molecule has 0 amide bonds. The van der Waals surface area contributed by atoms with Gasteiger partial charge in [0.1, 0.15) is 4.87 Å². The molecule has 0 unspecified atom stereocenters. The second-order valence-corrected chi connectivity index (χ2v) is 4.59. The van der Waals surface area contributed by atoms with Gasteiger partial charge in [-0.3, -0.25) is 0 Å². The molecule has 1 radical (unpaired) electrons. The van der Waals surface area contributed by atoms with E-state index in [4.69, 9.17) is 5.73 Å². The van der Waals surface area contributed by atoms with Gasteiger partial charge < -0.3 is 0 Å². The van der Waals surface area contributed by atoms with Gasteiger partial charge in [0.05, 0.1) is 0 Å². The smallest absolute Gasteiger partial charge is 0.167 e. The summed E-state index contributed by atoms with van der Waals surface area (Å²) >= 11 is 0. The van der Waals surface area contributed by atoms with Crippen LogP contribution < -0.4 is 5.73 Å². The summed E-state index contributed by atoms with van der Waals surface area (Å²) in [6, 6.07) is 0. The maximum atomic E-state index is 10.5. The number of rotatable bonds is 1. The van der Waals surface area contributed by atoms with Crippen molar-refractivity contribution in [2.75, 3.05) is 6.26 Å². The summed E-state index contributed by atoms with van der Waals surface area (Å²) in [5, 5.41) is 0. The lowest BCUT2D eigenvalue weighted by Crippen LogP contribution is -2.22. The molecule has 0 heterocycles. The average Bonchev–Trinajstić information content (AvgIpc) is 2.16. The highest BCUT2D eigenvalue weighted by atomic mass is 32.2. The van der Waals surface area contributed by atoms with E-state index in [1.54, 1.807) is 0 Å². The molecule has 0 aromatic heterocycles. The standard InChI is InChI=1S/C4H8NO2S/c1-8(6,7)4(5)2-3-4/h5H,2-3H2,1H3. The molecule has 0 aliphatic heterocycles. The minimum Gasteiger partial charge on any atom is -0.235 e. The van der Waals surface area contributed by atoms with E-state index in [-0.39, 0.29) is 0 Å².